The molecule has 20 heavy (non-hydrogen) atoms. The summed E-state index contributed by atoms with van der Waals surface area (Å²) >= 11 is 0. The lowest BCUT2D eigenvalue weighted by Crippen LogP contribution is -2.50. The zero-order valence-electron chi connectivity index (χ0n) is 12.3. The van der Waals surface area contributed by atoms with Crippen molar-refractivity contribution < 1.29 is 9.90 Å². The molecule has 0 bridgehead atoms. The van der Waals surface area contributed by atoms with Crippen molar-refractivity contribution in [3.8, 4) is 0 Å². The van der Waals surface area contributed by atoms with Gasteiger partial charge in [0.15, 0.2) is 0 Å². The number of aliphatic hydroxyl groups is 1. The molecule has 2 N–H and O–H groups in total. The van der Waals surface area contributed by atoms with Crippen LogP contribution >= 0.6 is 0 Å². The van der Waals surface area contributed by atoms with Crippen LogP contribution in [0.5, 0.6) is 0 Å². The van der Waals surface area contributed by atoms with E-state index in [1.54, 1.807) is 0 Å². The molecule has 1 unspecified atom stereocenters. The Bertz CT molecular complexity index is 420. The van der Waals surface area contributed by atoms with Crippen LogP contribution in [0, 0.1) is 0 Å². The minimum Gasteiger partial charge on any atom is -0.394 e. The lowest BCUT2D eigenvalue weighted by molar-refractivity contribution is -0.129. The first-order valence-corrected chi connectivity index (χ1v) is 7.70. The van der Waals surface area contributed by atoms with Crippen molar-refractivity contribution in [2.24, 2.45) is 0 Å². The van der Waals surface area contributed by atoms with Gasteiger partial charge in [0.1, 0.15) is 0 Å². The first kappa shape index (κ1) is 15.0. The zero-order chi connectivity index (χ0) is 14.4. The van der Waals surface area contributed by atoms with Gasteiger partial charge < -0.3 is 10.4 Å². The smallest absolute Gasteiger partial charge is 0.230 e. The second-order valence-corrected chi connectivity index (χ2v) is 5.77. The Morgan fingerprint density at radius 1 is 1.25 bits per heavy atom. The van der Waals surface area contributed by atoms with Gasteiger partial charge in [-0.1, -0.05) is 56.5 Å². The highest BCUT2D eigenvalue weighted by Crippen LogP contribution is 2.39. The monoisotopic (exact) mass is 275 g/mol. The average molecular weight is 275 g/mol. The number of carbonyl (C=O) groups excluding carboxylic acids is 1. The summed E-state index contributed by atoms with van der Waals surface area (Å²) in [7, 11) is 0. The number of hydrogen-bond donors (Lipinski definition) is 2. The number of nitrogens with one attached hydrogen (secondary N) is 1. The molecule has 1 aliphatic rings. The van der Waals surface area contributed by atoms with Crippen LogP contribution in [0.1, 0.15) is 51.0 Å². The maximum atomic E-state index is 12.8. The van der Waals surface area contributed by atoms with Gasteiger partial charge in [-0.25, -0.2) is 0 Å². The minimum atomic E-state index is -0.401. The Morgan fingerprint density at radius 2 is 1.90 bits per heavy atom. The highest BCUT2D eigenvalue weighted by molar-refractivity contribution is 5.88. The fraction of sp³-hybridized carbons (Fsp3) is 0.588. The summed E-state index contributed by atoms with van der Waals surface area (Å²) < 4.78 is 0. The van der Waals surface area contributed by atoms with Crippen LogP contribution in [0.3, 0.4) is 0 Å². The fourth-order valence-corrected chi connectivity index (χ4v) is 3.16. The second-order valence-electron chi connectivity index (χ2n) is 5.77. The van der Waals surface area contributed by atoms with Crippen molar-refractivity contribution in [3.63, 3.8) is 0 Å². The van der Waals surface area contributed by atoms with Gasteiger partial charge in [0.25, 0.3) is 0 Å². The summed E-state index contributed by atoms with van der Waals surface area (Å²) in [5, 5.41) is 12.3. The van der Waals surface area contributed by atoms with E-state index in [2.05, 4.69) is 17.4 Å². The third-order valence-electron chi connectivity index (χ3n) is 4.52. The topological polar surface area (TPSA) is 49.3 Å². The summed E-state index contributed by atoms with van der Waals surface area (Å²) in [6.07, 6.45) is 5.97. The van der Waals surface area contributed by atoms with E-state index >= 15 is 0 Å². The summed E-state index contributed by atoms with van der Waals surface area (Å²) in [5.41, 5.74) is 0.715. The van der Waals surface area contributed by atoms with Gasteiger partial charge in [0.2, 0.25) is 5.91 Å². The number of carbonyl (C=O) groups is 1. The molecule has 1 aromatic carbocycles. The zero-order valence-corrected chi connectivity index (χ0v) is 12.3. The number of rotatable bonds is 5. The van der Waals surface area contributed by atoms with E-state index in [9.17, 15) is 9.90 Å². The number of aliphatic hydroxyl groups excluding tert-OH is 1. The molecule has 1 saturated carbocycles. The van der Waals surface area contributed by atoms with E-state index in [1.807, 2.05) is 25.1 Å². The molecular formula is C17H25NO2. The predicted molar refractivity (Wildman–Crippen MR) is 80.5 cm³/mol. The van der Waals surface area contributed by atoms with E-state index in [0.717, 1.165) is 37.7 Å². The molecule has 110 valence electrons. The number of amides is 1. The standard InChI is InChI=1S/C17H25NO2/c1-2-15(13-19)18-16(20)17(11-7-4-8-12-17)14-9-5-3-6-10-14/h3,5-6,9-10,15,19H,2,4,7-8,11-13H2,1H3,(H,18,20). The number of benzene rings is 1. The quantitative estimate of drug-likeness (QED) is 0.868. The number of hydrogen-bond acceptors (Lipinski definition) is 2. The van der Waals surface area contributed by atoms with Crippen LogP contribution in [0.2, 0.25) is 0 Å². The molecule has 0 spiro atoms. The molecule has 1 aliphatic carbocycles. The minimum absolute atomic E-state index is 0.00705. The predicted octanol–water partition coefficient (Wildman–Crippen LogP) is 2.78. The van der Waals surface area contributed by atoms with E-state index in [0.29, 0.717) is 0 Å². The van der Waals surface area contributed by atoms with E-state index in [-0.39, 0.29) is 18.6 Å². The van der Waals surface area contributed by atoms with Crippen LogP contribution in [0.25, 0.3) is 0 Å². The Kier molecular flexibility index (Phi) is 5.18. The van der Waals surface area contributed by atoms with Crippen LogP contribution in [-0.4, -0.2) is 23.7 Å². The van der Waals surface area contributed by atoms with Gasteiger partial charge in [-0.15, -0.1) is 0 Å². The SMILES string of the molecule is CCC(CO)NC(=O)C1(c2ccccc2)CCCCC1. The van der Waals surface area contributed by atoms with Crippen molar-refractivity contribution in [1.29, 1.82) is 0 Å². The van der Waals surface area contributed by atoms with Gasteiger partial charge in [-0.2, -0.15) is 0 Å². The van der Waals surface area contributed by atoms with Gasteiger partial charge in [-0.05, 0) is 24.8 Å². The van der Waals surface area contributed by atoms with Crippen molar-refractivity contribution >= 4 is 5.91 Å². The molecular weight excluding hydrogens is 250 g/mol. The molecule has 0 aliphatic heterocycles. The molecule has 1 amide bonds. The molecule has 3 nitrogen and oxygen atoms in total. The molecule has 0 radical (unpaired) electrons. The first-order valence-electron chi connectivity index (χ1n) is 7.70. The Balaban J connectivity index is 2.25. The second kappa shape index (κ2) is 6.89. The first-order chi connectivity index (χ1) is 9.73. The van der Waals surface area contributed by atoms with E-state index < -0.39 is 5.41 Å². The molecule has 0 heterocycles. The molecule has 0 saturated heterocycles. The largest absolute Gasteiger partial charge is 0.394 e. The molecule has 0 aromatic heterocycles. The highest BCUT2D eigenvalue weighted by Gasteiger charge is 2.41. The maximum absolute atomic E-state index is 12.8. The summed E-state index contributed by atoms with van der Waals surface area (Å²) in [6.45, 7) is 1.99. The summed E-state index contributed by atoms with van der Waals surface area (Å²) in [6, 6.07) is 9.98. The third kappa shape index (κ3) is 3.04. The van der Waals surface area contributed by atoms with Crippen molar-refractivity contribution in [2.45, 2.75) is 56.9 Å². The van der Waals surface area contributed by atoms with Gasteiger partial charge in [0, 0.05) is 0 Å². The molecule has 3 heteroatoms. The van der Waals surface area contributed by atoms with Gasteiger partial charge >= 0.3 is 0 Å². The van der Waals surface area contributed by atoms with Crippen molar-refractivity contribution in [3.05, 3.63) is 35.9 Å². The van der Waals surface area contributed by atoms with E-state index in [1.165, 1.54) is 6.42 Å². The molecule has 1 aromatic rings. The van der Waals surface area contributed by atoms with Gasteiger partial charge in [-0.3, -0.25) is 4.79 Å². The fourth-order valence-electron chi connectivity index (χ4n) is 3.16. The third-order valence-corrected chi connectivity index (χ3v) is 4.52. The van der Waals surface area contributed by atoms with Crippen LogP contribution in [0.15, 0.2) is 30.3 Å². The lowest BCUT2D eigenvalue weighted by atomic mass is 9.68. The summed E-state index contributed by atoms with van der Waals surface area (Å²) in [4.78, 5) is 12.8. The molecule has 1 atom stereocenters. The van der Waals surface area contributed by atoms with E-state index in [4.69, 9.17) is 0 Å². The Morgan fingerprint density at radius 3 is 2.45 bits per heavy atom. The lowest BCUT2D eigenvalue weighted by Gasteiger charge is -2.37. The maximum Gasteiger partial charge on any atom is 0.230 e. The van der Waals surface area contributed by atoms with Crippen LogP contribution < -0.4 is 5.32 Å². The molecule has 2 rings (SSSR count). The van der Waals surface area contributed by atoms with Crippen molar-refractivity contribution in [2.75, 3.05) is 6.61 Å². The Labute approximate surface area is 121 Å². The van der Waals surface area contributed by atoms with Crippen LogP contribution in [-0.2, 0) is 10.2 Å². The van der Waals surface area contributed by atoms with Gasteiger partial charge in [0.05, 0.1) is 18.1 Å². The summed E-state index contributed by atoms with van der Waals surface area (Å²) in [5.74, 6) is 0.0873. The van der Waals surface area contributed by atoms with Crippen LogP contribution in [0.4, 0.5) is 0 Å². The van der Waals surface area contributed by atoms with Crippen molar-refractivity contribution in [1.82, 2.24) is 5.32 Å². The Hall–Kier alpha value is -1.35. The average Bonchev–Trinajstić information content (AvgIpc) is 2.53. The highest BCUT2D eigenvalue weighted by atomic mass is 16.3. The molecule has 1 fully saturated rings. The normalized spacial score (nSPS) is 19.3.